The summed E-state index contributed by atoms with van der Waals surface area (Å²) in [6.45, 7) is 6.52. The van der Waals surface area contributed by atoms with Crippen LogP contribution in [0, 0.1) is 10.1 Å². The van der Waals surface area contributed by atoms with E-state index < -0.39 is 10.9 Å². The number of ether oxygens (including phenoxy) is 1. The zero-order valence-corrected chi connectivity index (χ0v) is 13.4. The van der Waals surface area contributed by atoms with E-state index in [1.807, 2.05) is 24.3 Å². The molecule has 0 radical (unpaired) electrons. The van der Waals surface area contributed by atoms with E-state index in [4.69, 9.17) is 4.74 Å². The number of benzene rings is 2. The normalized spacial score (nSPS) is 11.1. The van der Waals surface area contributed by atoms with Gasteiger partial charge in [0.1, 0.15) is 6.61 Å². The average Bonchev–Trinajstić information content (AvgIpc) is 2.52. The molecule has 0 N–H and O–H groups in total. The van der Waals surface area contributed by atoms with Crippen LogP contribution in [0.1, 0.15) is 42.3 Å². The van der Waals surface area contributed by atoms with Crippen LogP contribution in [0.3, 0.4) is 0 Å². The van der Waals surface area contributed by atoms with Gasteiger partial charge in [-0.1, -0.05) is 51.1 Å². The molecule has 0 bridgehead atoms. The third-order valence-electron chi connectivity index (χ3n) is 3.48. The van der Waals surface area contributed by atoms with Crippen LogP contribution < -0.4 is 0 Å². The van der Waals surface area contributed by atoms with Crippen LogP contribution in [0.4, 0.5) is 5.69 Å². The van der Waals surface area contributed by atoms with E-state index in [1.54, 1.807) is 0 Å². The number of hydrogen-bond acceptors (Lipinski definition) is 4. The maximum absolute atomic E-state index is 12.0. The minimum Gasteiger partial charge on any atom is -0.457 e. The largest absolute Gasteiger partial charge is 0.457 e. The number of non-ortho nitro benzene ring substituents is 1. The van der Waals surface area contributed by atoms with Gasteiger partial charge in [0.2, 0.25) is 0 Å². The SMILES string of the molecule is CC(C)(C)c1ccc(COC(=O)c2cccc([N+](=O)[O-])c2)cc1. The molecule has 0 atom stereocenters. The standard InChI is InChI=1S/C18H19NO4/c1-18(2,3)15-9-7-13(8-10-15)12-23-17(20)14-5-4-6-16(11-14)19(21)22/h4-11H,12H2,1-3H3. The van der Waals surface area contributed by atoms with Gasteiger partial charge in [0.15, 0.2) is 0 Å². The molecule has 0 aromatic heterocycles. The van der Waals surface area contributed by atoms with Crippen molar-refractivity contribution in [2.24, 2.45) is 0 Å². The number of nitro benzene ring substituents is 1. The summed E-state index contributed by atoms with van der Waals surface area (Å²) in [5.41, 5.74) is 2.18. The Hall–Kier alpha value is -2.69. The summed E-state index contributed by atoms with van der Waals surface area (Å²) in [5, 5.41) is 10.7. The molecule has 120 valence electrons. The van der Waals surface area contributed by atoms with Crippen molar-refractivity contribution in [1.29, 1.82) is 0 Å². The number of carbonyl (C=O) groups is 1. The monoisotopic (exact) mass is 313 g/mol. The first-order chi connectivity index (χ1) is 10.8. The fraction of sp³-hybridized carbons (Fsp3) is 0.278. The minimum absolute atomic E-state index is 0.0676. The molecule has 0 aliphatic rings. The van der Waals surface area contributed by atoms with E-state index in [9.17, 15) is 14.9 Å². The van der Waals surface area contributed by atoms with Gasteiger partial charge in [-0.25, -0.2) is 4.79 Å². The molecular formula is C18H19NO4. The molecule has 2 aromatic rings. The second-order valence-corrected chi connectivity index (χ2v) is 6.33. The van der Waals surface area contributed by atoms with Crippen molar-refractivity contribution < 1.29 is 14.5 Å². The molecule has 5 heteroatoms. The molecule has 0 fully saturated rings. The molecule has 0 amide bonds. The smallest absolute Gasteiger partial charge is 0.338 e. The lowest BCUT2D eigenvalue weighted by molar-refractivity contribution is -0.384. The topological polar surface area (TPSA) is 69.4 Å². The Balaban J connectivity index is 2.02. The second-order valence-electron chi connectivity index (χ2n) is 6.33. The highest BCUT2D eigenvalue weighted by atomic mass is 16.6. The summed E-state index contributed by atoms with van der Waals surface area (Å²) in [6, 6.07) is 13.4. The Labute approximate surface area is 135 Å². The molecule has 2 rings (SSSR count). The van der Waals surface area contributed by atoms with Gasteiger partial charge >= 0.3 is 5.97 Å². The summed E-state index contributed by atoms with van der Waals surface area (Å²) in [6.07, 6.45) is 0. The lowest BCUT2D eigenvalue weighted by atomic mass is 9.87. The molecule has 0 spiro atoms. The van der Waals surface area contributed by atoms with E-state index in [1.165, 1.54) is 29.8 Å². The summed E-state index contributed by atoms with van der Waals surface area (Å²) in [5.74, 6) is -0.575. The van der Waals surface area contributed by atoms with Crippen molar-refractivity contribution >= 4 is 11.7 Å². The van der Waals surface area contributed by atoms with Crippen LogP contribution in [0.15, 0.2) is 48.5 Å². The van der Waals surface area contributed by atoms with E-state index in [-0.39, 0.29) is 23.3 Å². The summed E-state index contributed by atoms with van der Waals surface area (Å²) in [7, 11) is 0. The van der Waals surface area contributed by atoms with Crippen LogP contribution in [0.25, 0.3) is 0 Å². The van der Waals surface area contributed by atoms with Gasteiger partial charge in [-0.2, -0.15) is 0 Å². The Morgan fingerprint density at radius 3 is 2.35 bits per heavy atom. The van der Waals surface area contributed by atoms with Crippen LogP contribution in [0.5, 0.6) is 0 Å². The maximum Gasteiger partial charge on any atom is 0.338 e. The molecule has 2 aromatic carbocycles. The lowest BCUT2D eigenvalue weighted by Gasteiger charge is -2.19. The van der Waals surface area contributed by atoms with Crippen LogP contribution in [0.2, 0.25) is 0 Å². The fourth-order valence-corrected chi connectivity index (χ4v) is 2.08. The first-order valence-electron chi connectivity index (χ1n) is 7.28. The van der Waals surface area contributed by atoms with Crippen molar-refractivity contribution in [3.63, 3.8) is 0 Å². The predicted octanol–water partition coefficient (Wildman–Crippen LogP) is 4.25. The molecule has 0 unspecified atom stereocenters. The Bertz CT molecular complexity index is 715. The highest BCUT2D eigenvalue weighted by Crippen LogP contribution is 2.22. The van der Waals surface area contributed by atoms with Crippen molar-refractivity contribution in [2.45, 2.75) is 32.8 Å². The number of hydrogen-bond donors (Lipinski definition) is 0. The van der Waals surface area contributed by atoms with E-state index in [2.05, 4.69) is 20.8 Å². The molecule has 0 aliphatic carbocycles. The van der Waals surface area contributed by atoms with Gasteiger partial charge in [-0.3, -0.25) is 10.1 Å². The number of carbonyl (C=O) groups excluding carboxylic acids is 1. The van der Waals surface area contributed by atoms with Gasteiger partial charge in [0, 0.05) is 12.1 Å². The lowest BCUT2D eigenvalue weighted by Crippen LogP contribution is -2.11. The maximum atomic E-state index is 12.0. The van der Waals surface area contributed by atoms with Gasteiger partial charge in [-0.15, -0.1) is 0 Å². The summed E-state index contributed by atoms with van der Waals surface area (Å²) >= 11 is 0. The average molecular weight is 313 g/mol. The Morgan fingerprint density at radius 2 is 1.78 bits per heavy atom. The molecule has 5 nitrogen and oxygen atoms in total. The van der Waals surface area contributed by atoms with Crippen molar-refractivity contribution in [3.8, 4) is 0 Å². The quantitative estimate of drug-likeness (QED) is 0.480. The van der Waals surface area contributed by atoms with E-state index in [0.29, 0.717) is 0 Å². The van der Waals surface area contributed by atoms with Gasteiger partial charge in [0.25, 0.3) is 5.69 Å². The van der Waals surface area contributed by atoms with Crippen molar-refractivity contribution in [1.82, 2.24) is 0 Å². The third-order valence-corrected chi connectivity index (χ3v) is 3.48. The molecule has 0 heterocycles. The van der Waals surface area contributed by atoms with Gasteiger partial charge in [-0.05, 0) is 22.6 Å². The van der Waals surface area contributed by atoms with Crippen molar-refractivity contribution in [2.75, 3.05) is 0 Å². The highest BCUT2D eigenvalue weighted by Gasteiger charge is 2.14. The number of esters is 1. The molecule has 0 saturated heterocycles. The fourth-order valence-electron chi connectivity index (χ4n) is 2.08. The van der Waals surface area contributed by atoms with E-state index >= 15 is 0 Å². The Kier molecular flexibility index (Phi) is 4.79. The molecule has 0 aliphatic heterocycles. The van der Waals surface area contributed by atoms with Crippen molar-refractivity contribution in [3.05, 3.63) is 75.3 Å². The zero-order chi connectivity index (χ0) is 17.0. The van der Waals surface area contributed by atoms with Gasteiger partial charge < -0.3 is 4.74 Å². The van der Waals surface area contributed by atoms with E-state index in [0.717, 1.165) is 5.56 Å². The number of nitrogens with zero attached hydrogens (tertiary/aromatic N) is 1. The number of nitro groups is 1. The van der Waals surface area contributed by atoms with Gasteiger partial charge in [0.05, 0.1) is 10.5 Å². The molecule has 23 heavy (non-hydrogen) atoms. The second kappa shape index (κ2) is 6.60. The highest BCUT2D eigenvalue weighted by molar-refractivity contribution is 5.90. The minimum atomic E-state index is -0.575. The van der Waals surface area contributed by atoms with Crippen LogP contribution in [-0.2, 0) is 16.8 Å². The Morgan fingerprint density at radius 1 is 1.13 bits per heavy atom. The van der Waals surface area contributed by atoms with Crippen LogP contribution >= 0.6 is 0 Å². The third kappa shape index (κ3) is 4.39. The zero-order valence-electron chi connectivity index (χ0n) is 13.4. The first-order valence-corrected chi connectivity index (χ1v) is 7.28. The van der Waals surface area contributed by atoms with Crippen LogP contribution in [-0.4, -0.2) is 10.9 Å². The molecular weight excluding hydrogens is 294 g/mol. The summed E-state index contributed by atoms with van der Waals surface area (Å²) in [4.78, 5) is 22.2. The first kappa shape index (κ1) is 16.7. The number of rotatable bonds is 4. The predicted molar refractivity (Wildman–Crippen MR) is 87.4 cm³/mol. The molecule has 0 saturated carbocycles. The summed E-state index contributed by atoms with van der Waals surface area (Å²) < 4.78 is 5.21.